The van der Waals surface area contributed by atoms with Crippen molar-refractivity contribution in [2.45, 2.75) is 38.8 Å². The molecule has 0 fully saturated rings. The third kappa shape index (κ3) is 1.75. The molecule has 1 aliphatic rings. The van der Waals surface area contributed by atoms with E-state index in [0.29, 0.717) is 6.04 Å². The minimum absolute atomic E-state index is 0.250. The molecule has 1 aliphatic heterocycles. The van der Waals surface area contributed by atoms with E-state index in [1.807, 2.05) is 10.9 Å². The Morgan fingerprint density at radius 2 is 2.57 bits per heavy atom. The molecule has 1 atom stereocenters. The van der Waals surface area contributed by atoms with Crippen molar-refractivity contribution in [3.8, 4) is 0 Å². The summed E-state index contributed by atoms with van der Waals surface area (Å²) in [5.74, 6) is 1.15. The first kappa shape index (κ1) is 9.52. The van der Waals surface area contributed by atoms with Gasteiger partial charge >= 0.3 is 0 Å². The number of hydrogen-bond donors (Lipinski definition) is 2. The Morgan fingerprint density at radius 1 is 1.71 bits per heavy atom. The monoisotopic (exact) mass is 195 g/mol. The number of anilines is 1. The van der Waals surface area contributed by atoms with Gasteiger partial charge in [0.1, 0.15) is 5.82 Å². The number of hydrogen-bond acceptors (Lipinski definition) is 3. The Morgan fingerprint density at radius 3 is 3.36 bits per heavy atom. The summed E-state index contributed by atoms with van der Waals surface area (Å²) in [5.41, 5.74) is 1.23. The van der Waals surface area contributed by atoms with Crippen molar-refractivity contribution in [1.29, 1.82) is 0 Å². The van der Waals surface area contributed by atoms with E-state index >= 15 is 0 Å². The Balaban J connectivity index is 2.13. The molecule has 0 spiro atoms. The lowest BCUT2D eigenvalue weighted by Gasteiger charge is -2.23. The molecular formula is C10H17N3O. The molecule has 1 unspecified atom stereocenters. The molecule has 1 aromatic rings. The van der Waals surface area contributed by atoms with Gasteiger partial charge in [0.25, 0.3) is 0 Å². The predicted molar refractivity (Wildman–Crippen MR) is 55.3 cm³/mol. The number of nitrogens with zero attached hydrogens (tertiary/aromatic N) is 2. The van der Waals surface area contributed by atoms with Crippen LogP contribution in [0, 0.1) is 0 Å². The number of fused-ring (bicyclic) bond motifs is 1. The fourth-order valence-corrected chi connectivity index (χ4v) is 1.83. The number of aliphatic hydroxyl groups excluding tert-OH is 1. The van der Waals surface area contributed by atoms with Gasteiger partial charge in [0, 0.05) is 24.8 Å². The second kappa shape index (κ2) is 4.00. The summed E-state index contributed by atoms with van der Waals surface area (Å²) in [6, 6.07) is 0.534. The van der Waals surface area contributed by atoms with E-state index in [-0.39, 0.29) is 6.61 Å². The molecule has 1 aromatic heterocycles. The summed E-state index contributed by atoms with van der Waals surface area (Å²) in [6.45, 7) is 3.44. The van der Waals surface area contributed by atoms with Gasteiger partial charge in [-0.25, -0.2) is 4.68 Å². The van der Waals surface area contributed by atoms with Crippen LogP contribution in [-0.2, 0) is 13.0 Å². The van der Waals surface area contributed by atoms with Gasteiger partial charge < -0.3 is 10.4 Å². The van der Waals surface area contributed by atoms with Crippen molar-refractivity contribution in [3.05, 3.63) is 11.8 Å². The highest BCUT2D eigenvalue weighted by Gasteiger charge is 2.17. The van der Waals surface area contributed by atoms with Crippen LogP contribution in [-0.4, -0.2) is 27.5 Å². The van der Waals surface area contributed by atoms with Crippen LogP contribution in [0.5, 0.6) is 0 Å². The zero-order valence-corrected chi connectivity index (χ0v) is 8.53. The van der Waals surface area contributed by atoms with Gasteiger partial charge in [-0.05, 0) is 26.2 Å². The van der Waals surface area contributed by atoms with E-state index in [2.05, 4.69) is 17.3 Å². The first-order valence-electron chi connectivity index (χ1n) is 5.23. The smallest absolute Gasteiger partial charge is 0.127 e. The van der Waals surface area contributed by atoms with Crippen LogP contribution in [0.25, 0.3) is 0 Å². The average Bonchev–Trinajstić information content (AvgIpc) is 2.57. The molecule has 0 aromatic carbocycles. The molecule has 78 valence electrons. The Hall–Kier alpha value is -1.03. The molecule has 0 bridgehead atoms. The van der Waals surface area contributed by atoms with Crippen LogP contribution in [0.1, 0.15) is 25.3 Å². The average molecular weight is 195 g/mol. The van der Waals surface area contributed by atoms with Crippen LogP contribution in [0.4, 0.5) is 5.82 Å². The van der Waals surface area contributed by atoms with Gasteiger partial charge in [-0.1, -0.05) is 0 Å². The first-order chi connectivity index (χ1) is 6.81. The van der Waals surface area contributed by atoms with E-state index in [1.165, 1.54) is 5.56 Å². The SMILES string of the molecule is CC1CCn2ncc(CCCO)c2N1. The van der Waals surface area contributed by atoms with Crippen molar-refractivity contribution in [1.82, 2.24) is 9.78 Å². The molecule has 0 saturated carbocycles. The number of aryl methyl sites for hydroxylation is 2. The molecule has 2 rings (SSSR count). The zero-order valence-electron chi connectivity index (χ0n) is 8.53. The highest BCUT2D eigenvalue weighted by atomic mass is 16.2. The van der Waals surface area contributed by atoms with E-state index in [9.17, 15) is 0 Å². The highest BCUT2D eigenvalue weighted by Crippen LogP contribution is 2.22. The largest absolute Gasteiger partial charge is 0.396 e. The van der Waals surface area contributed by atoms with Crippen LogP contribution in [0.15, 0.2) is 6.20 Å². The van der Waals surface area contributed by atoms with Crippen molar-refractivity contribution >= 4 is 5.82 Å². The maximum Gasteiger partial charge on any atom is 0.127 e. The van der Waals surface area contributed by atoms with Crippen LogP contribution < -0.4 is 5.32 Å². The van der Waals surface area contributed by atoms with E-state index in [4.69, 9.17) is 5.11 Å². The molecule has 0 amide bonds. The van der Waals surface area contributed by atoms with Crippen LogP contribution in [0.3, 0.4) is 0 Å². The lowest BCUT2D eigenvalue weighted by Crippen LogP contribution is -2.26. The number of aliphatic hydroxyl groups is 1. The topological polar surface area (TPSA) is 50.1 Å². The second-order valence-corrected chi connectivity index (χ2v) is 3.90. The maximum atomic E-state index is 8.77. The first-order valence-corrected chi connectivity index (χ1v) is 5.23. The minimum Gasteiger partial charge on any atom is -0.396 e. The Labute approximate surface area is 83.9 Å². The molecule has 4 nitrogen and oxygen atoms in total. The number of rotatable bonds is 3. The Bertz CT molecular complexity index is 308. The van der Waals surface area contributed by atoms with Gasteiger partial charge in [0.2, 0.25) is 0 Å². The zero-order chi connectivity index (χ0) is 9.97. The lowest BCUT2D eigenvalue weighted by molar-refractivity contribution is 0.288. The van der Waals surface area contributed by atoms with Crippen molar-refractivity contribution in [2.75, 3.05) is 11.9 Å². The second-order valence-electron chi connectivity index (χ2n) is 3.90. The molecule has 14 heavy (non-hydrogen) atoms. The van der Waals surface area contributed by atoms with Crippen LogP contribution in [0.2, 0.25) is 0 Å². The Kier molecular flexibility index (Phi) is 2.72. The molecule has 0 saturated heterocycles. The summed E-state index contributed by atoms with van der Waals surface area (Å²) in [5, 5.41) is 16.5. The maximum absolute atomic E-state index is 8.77. The van der Waals surface area contributed by atoms with Crippen molar-refractivity contribution < 1.29 is 5.11 Å². The molecule has 2 N–H and O–H groups in total. The summed E-state index contributed by atoms with van der Waals surface area (Å²) in [7, 11) is 0. The summed E-state index contributed by atoms with van der Waals surface area (Å²) in [6.07, 6.45) is 4.77. The van der Waals surface area contributed by atoms with Crippen molar-refractivity contribution in [2.24, 2.45) is 0 Å². The van der Waals surface area contributed by atoms with Gasteiger partial charge in [-0.3, -0.25) is 0 Å². The van der Waals surface area contributed by atoms with Gasteiger partial charge in [-0.15, -0.1) is 0 Å². The molecule has 4 heteroatoms. The van der Waals surface area contributed by atoms with Gasteiger partial charge in [0.05, 0.1) is 6.20 Å². The predicted octanol–water partition coefficient (Wildman–Crippen LogP) is 1.01. The van der Waals surface area contributed by atoms with E-state index in [1.54, 1.807) is 0 Å². The number of nitrogens with one attached hydrogen (secondary N) is 1. The standard InChI is InChI=1S/C10H17N3O/c1-8-4-5-13-10(12-8)9(7-11-13)3-2-6-14/h7-8,12,14H,2-6H2,1H3. The summed E-state index contributed by atoms with van der Waals surface area (Å²) in [4.78, 5) is 0. The summed E-state index contributed by atoms with van der Waals surface area (Å²) < 4.78 is 2.02. The normalized spacial score (nSPS) is 20.3. The summed E-state index contributed by atoms with van der Waals surface area (Å²) >= 11 is 0. The minimum atomic E-state index is 0.250. The van der Waals surface area contributed by atoms with Crippen LogP contribution >= 0.6 is 0 Å². The fourth-order valence-electron chi connectivity index (χ4n) is 1.83. The van der Waals surface area contributed by atoms with Gasteiger partial charge in [0.15, 0.2) is 0 Å². The van der Waals surface area contributed by atoms with Gasteiger partial charge in [-0.2, -0.15) is 5.10 Å². The fraction of sp³-hybridized carbons (Fsp3) is 0.700. The molecule has 0 radical (unpaired) electrons. The highest BCUT2D eigenvalue weighted by molar-refractivity contribution is 5.46. The lowest BCUT2D eigenvalue weighted by atomic mass is 10.1. The number of aromatic nitrogens is 2. The van der Waals surface area contributed by atoms with Crippen molar-refractivity contribution in [3.63, 3.8) is 0 Å². The van der Waals surface area contributed by atoms with E-state index in [0.717, 1.165) is 31.6 Å². The third-order valence-electron chi connectivity index (χ3n) is 2.68. The van der Waals surface area contributed by atoms with E-state index < -0.39 is 0 Å². The third-order valence-corrected chi connectivity index (χ3v) is 2.68. The molecular weight excluding hydrogens is 178 g/mol. The molecule has 0 aliphatic carbocycles. The molecule has 2 heterocycles. The quantitative estimate of drug-likeness (QED) is 0.757.